The highest BCUT2D eigenvalue weighted by Crippen LogP contribution is 2.24. The van der Waals surface area contributed by atoms with Crippen LogP contribution in [0.3, 0.4) is 0 Å². The molecule has 3 rings (SSSR count). The molecule has 1 aromatic heterocycles. The topological polar surface area (TPSA) is 61.9 Å². The van der Waals surface area contributed by atoms with E-state index >= 15 is 0 Å². The number of thioether (sulfide) groups is 1. The fourth-order valence-electron chi connectivity index (χ4n) is 2.60. The van der Waals surface area contributed by atoms with Crippen LogP contribution in [0.15, 0.2) is 35.5 Å². The van der Waals surface area contributed by atoms with E-state index in [1.54, 1.807) is 0 Å². The Labute approximate surface area is 134 Å². The first kappa shape index (κ1) is 15.1. The summed E-state index contributed by atoms with van der Waals surface area (Å²) in [5.41, 5.74) is 0.997. The number of nitrogens with zero attached hydrogens (tertiary/aromatic N) is 3. The summed E-state index contributed by atoms with van der Waals surface area (Å²) >= 11 is 1.42. The smallest absolute Gasteiger partial charge is 0.235 e. The van der Waals surface area contributed by atoms with Crippen LogP contribution in [0.25, 0.3) is 11.4 Å². The Hall–Kier alpha value is -1.82. The number of rotatable bonds is 4. The molecule has 1 atom stereocenters. The maximum atomic E-state index is 12.4. The van der Waals surface area contributed by atoms with Crippen molar-refractivity contribution >= 4 is 17.7 Å². The summed E-state index contributed by atoms with van der Waals surface area (Å²) < 4.78 is 0. The van der Waals surface area contributed by atoms with Crippen LogP contribution in [0.2, 0.25) is 0 Å². The van der Waals surface area contributed by atoms with Gasteiger partial charge in [-0.15, -0.1) is 5.10 Å². The summed E-state index contributed by atoms with van der Waals surface area (Å²) in [5, 5.41) is 7.62. The predicted octanol–water partition coefficient (Wildman–Crippen LogP) is 2.96. The summed E-state index contributed by atoms with van der Waals surface area (Å²) in [5.74, 6) is 0.927. The number of amides is 1. The molecule has 0 aliphatic carbocycles. The lowest BCUT2D eigenvalue weighted by Crippen LogP contribution is -2.40. The summed E-state index contributed by atoms with van der Waals surface area (Å²) in [6.45, 7) is 3.69. The van der Waals surface area contributed by atoms with Crippen LogP contribution < -0.4 is 0 Å². The SMILES string of the molecule is C[C@H](Sc1n[nH]c(-c2ccccc2)n1)C(=O)N1CCCCC1. The van der Waals surface area contributed by atoms with Gasteiger partial charge in [-0.25, -0.2) is 4.98 Å². The van der Waals surface area contributed by atoms with Gasteiger partial charge in [0.05, 0.1) is 5.25 Å². The van der Waals surface area contributed by atoms with Crippen LogP contribution in [0.4, 0.5) is 0 Å². The normalized spacial score (nSPS) is 16.5. The Kier molecular flexibility index (Phi) is 4.77. The number of carbonyl (C=O) groups excluding carboxylic acids is 1. The molecule has 0 radical (unpaired) electrons. The average Bonchev–Trinajstić information content (AvgIpc) is 3.04. The van der Waals surface area contributed by atoms with E-state index in [2.05, 4.69) is 15.2 Å². The van der Waals surface area contributed by atoms with Gasteiger partial charge in [-0.05, 0) is 26.2 Å². The minimum absolute atomic E-state index is 0.155. The largest absolute Gasteiger partial charge is 0.342 e. The van der Waals surface area contributed by atoms with Crippen LogP contribution in [-0.2, 0) is 4.79 Å². The van der Waals surface area contributed by atoms with Crippen LogP contribution in [0.1, 0.15) is 26.2 Å². The molecule has 0 unspecified atom stereocenters. The molecule has 2 heterocycles. The van der Waals surface area contributed by atoms with Gasteiger partial charge in [-0.2, -0.15) is 0 Å². The molecular weight excluding hydrogens is 296 g/mol. The molecule has 0 spiro atoms. The van der Waals surface area contributed by atoms with E-state index in [0.29, 0.717) is 5.16 Å². The Bertz CT molecular complexity index is 622. The van der Waals surface area contributed by atoms with Gasteiger partial charge in [0.25, 0.3) is 0 Å². The molecule has 1 fully saturated rings. The van der Waals surface area contributed by atoms with Crippen molar-refractivity contribution in [2.75, 3.05) is 13.1 Å². The second-order valence-corrected chi connectivity index (χ2v) is 6.79. The Morgan fingerprint density at radius 2 is 1.95 bits per heavy atom. The van der Waals surface area contributed by atoms with E-state index in [1.807, 2.05) is 42.2 Å². The maximum absolute atomic E-state index is 12.4. The van der Waals surface area contributed by atoms with E-state index in [4.69, 9.17) is 0 Å². The number of likely N-dealkylation sites (tertiary alicyclic amines) is 1. The Morgan fingerprint density at radius 1 is 1.23 bits per heavy atom. The third-order valence-corrected chi connectivity index (χ3v) is 4.76. The van der Waals surface area contributed by atoms with Crippen molar-refractivity contribution in [3.63, 3.8) is 0 Å². The number of aromatic amines is 1. The summed E-state index contributed by atoms with van der Waals surface area (Å²) in [4.78, 5) is 18.9. The molecule has 0 bridgehead atoms. The standard InChI is InChI=1S/C16H20N4OS/c1-12(15(21)20-10-6-3-7-11-20)22-16-17-14(18-19-16)13-8-4-2-5-9-13/h2,4-5,8-9,12H,3,6-7,10-11H2,1H3,(H,17,18,19)/t12-/m0/s1. The molecule has 1 aliphatic heterocycles. The third-order valence-electron chi connectivity index (χ3n) is 3.81. The summed E-state index contributed by atoms with van der Waals surface area (Å²) in [7, 11) is 0. The van der Waals surface area contributed by atoms with Gasteiger partial charge in [0.15, 0.2) is 5.82 Å². The Morgan fingerprint density at radius 3 is 2.68 bits per heavy atom. The average molecular weight is 316 g/mol. The fourth-order valence-corrected chi connectivity index (χ4v) is 3.41. The van der Waals surface area contributed by atoms with Crippen molar-refractivity contribution in [3.05, 3.63) is 30.3 Å². The molecule has 1 aliphatic rings. The molecule has 6 heteroatoms. The van der Waals surface area contributed by atoms with Crippen LogP contribution in [0, 0.1) is 0 Å². The molecule has 5 nitrogen and oxygen atoms in total. The third kappa shape index (κ3) is 3.50. The molecular formula is C16H20N4OS. The van der Waals surface area contributed by atoms with Crippen molar-refractivity contribution in [1.82, 2.24) is 20.1 Å². The lowest BCUT2D eigenvalue weighted by molar-refractivity contribution is -0.131. The van der Waals surface area contributed by atoms with Gasteiger partial charge in [0.1, 0.15) is 0 Å². The molecule has 116 valence electrons. The fraction of sp³-hybridized carbons (Fsp3) is 0.438. The number of benzene rings is 1. The van der Waals surface area contributed by atoms with Gasteiger partial charge >= 0.3 is 0 Å². The first-order chi connectivity index (χ1) is 10.7. The van der Waals surface area contributed by atoms with E-state index in [0.717, 1.165) is 37.3 Å². The molecule has 2 aromatic rings. The highest BCUT2D eigenvalue weighted by molar-refractivity contribution is 8.00. The van der Waals surface area contributed by atoms with Gasteiger partial charge in [0, 0.05) is 18.7 Å². The summed E-state index contributed by atoms with van der Waals surface area (Å²) in [6, 6.07) is 9.86. The number of hydrogen-bond donors (Lipinski definition) is 1. The van der Waals surface area contributed by atoms with Crippen molar-refractivity contribution in [2.24, 2.45) is 0 Å². The molecule has 1 amide bonds. The highest BCUT2D eigenvalue weighted by Gasteiger charge is 2.24. The number of nitrogens with one attached hydrogen (secondary N) is 1. The van der Waals surface area contributed by atoms with E-state index in [9.17, 15) is 4.79 Å². The second kappa shape index (κ2) is 6.96. The first-order valence-corrected chi connectivity index (χ1v) is 8.55. The van der Waals surface area contributed by atoms with Crippen molar-refractivity contribution in [3.8, 4) is 11.4 Å². The molecule has 1 aromatic carbocycles. The number of piperidine rings is 1. The molecule has 22 heavy (non-hydrogen) atoms. The minimum atomic E-state index is -0.155. The van der Waals surface area contributed by atoms with Gasteiger partial charge in [0.2, 0.25) is 11.1 Å². The van der Waals surface area contributed by atoms with E-state index < -0.39 is 0 Å². The zero-order chi connectivity index (χ0) is 15.4. The van der Waals surface area contributed by atoms with Gasteiger partial charge < -0.3 is 4.90 Å². The first-order valence-electron chi connectivity index (χ1n) is 7.67. The maximum Gasteiger partial charge on any atom is 0.235 e. The number of hydrogen-bond acceptors (Lipinski definition) is 4. The van der Waals surface area contributed by atoms with Crippen molar-refractivity contribution in [1.29, 1.82) is 0 Å². The lowest BCUT2D eigenvalue weighted by atomic mass is 10.1. The summed E-state index contributed by atoms with van der Waals surface area (Å²) in [6.07, 6.45) is 3.45. The van der Waals surface area contributed by atoms with Crippen LogP contribution in [-0.4, -0.2) is 44.3 Å². The quantitative estimate of drug-likeness (QED) is 0.881. The van der Waals surface area contributed by atoms with Gasteiger partial charge in [-0.1, -0.05) is 42.1 Å². The second-order valence-electron chi connectivity index (χ2n) is 5.48. The van der Waals surface area contributed by atoms with E-state index in [1.165, 1.54) is 18.2 Å². The zero-order valence-electron chi connectivity index (χ0n) is 12.7. The molecule has 1 N–H and O–H groups in total. The van der Waals surface area contributed by atoms with Crippen LogP contribution >= 0.6 is 11.8 Å². The molecule has 0 saturated carbocycles. The molecule has 1 saturated heterocycles. The number of H-pyrrole nitrogens is 1. The number of aromatic nitrogens is 3. The van der Waals surface area contributed by atoms with E-state index in [-0.39, 0.29) is 11.2 Å². The Balaban J connectivity index is 1.63. The zero-order valence-corrected chi connectivity index (χ0v) is 13.5. The highest BCUT2D eigenvalue weighted by atomic mass is 32.2. The lowest BCUT2D eigenvalue weighted by Gasteiger charge is -2.28. The number of carbonyl (C=O) groups is 1. The van der Waals surface area contributed by atoms with Gasteiger partial charge in [-0.3, -0.25) is 9.89 Å². The monoisotopic (exact) mass is 316 g/mol. The van der Waals surface area contributed by atoms with Crippen LogP contribution in [0.5, 0.6) is 0 Å². The van der Waals surface area contributed by atoms with Crippen molar-refractivity contribution < 1.29 is 4.79 Å². The van der Waals surface area contributed by atoms with Crippen molar-refractivity contribution in [2.45, 2.75) is 36.6 Å². The predicted molar refractivity (Wildman–Crippen MR) is 87.6 cm³/mol. The minimum Gasteiger partial charge on any atom is -0.342 e.